The van der Waals surface area contributed by atoms with Gasteiger partial charge < -0.3 is 10.1 Å². The summed E-state index contributed by atoms with van der Waals surface area (Å²) in [5, 5.41) is 7.33. The fourth-order valence-corrected chi connectivity index (χ4v) is 5.07. The number of aryl methyl sites for hydroxylation is 1. The van der Waals surface area contributed by atoms with Gasteiger partial charge in [-0.1, -0.05) is 42.5 Å². The minimum absolute atomic E-state index is 0.0127. The van der Waals surface area contributed by atoms with Crippen LogP contribution in [0.5, 0.6) is 5.75 Å². The highest BCUT2D eigenvalue weighted by Gasteiger charge is 2.18. The van der Waals surface area contributed by atoms with E-state index in [4.69, 9.17) is 9.84 Å². The van der Waals surface area contributed by atoms with E-state index >= 15 is 0 Å². The van der Waals surface area contributed by atoms with Gasteiger partial charge in [0, 0.05) is 17.8 Å². The van der Waals surface area contributed by atoms with Crippen LogP contribution in [-0.2, 0) is 16.4 Å². The van der Waals surface area contributed by atoms with E-state index in [0.29, 0.717) is 18.8 Å². The van der Waals surface area contributed by atoms with E-state index < -0.39 is 16.1 Å². The van der Waals surface area contributed by atoms with Crippen LogP contribution in [0.15, 0.2) is 83.8 Å². The first kappa shape index (κ1) is 26.0. The fraction of sp³-hybridized carbons (Fsp3) is 0.214. The molecule has 9 heteroatoms. The van der Waals surface area contributed by atoms with Crippen LogP contribution in [0.4, 0.5) is 4.79 Å². The number of nitrogens with zero attached hydrogens (tertiary/aromatic N) is 2. The highest BCUT2D eigenvalue weighted by molar-refractivity contribution is 7.90. The van der Waals surface area contributed by atoms with Crippen molar-refractivity contribution in [3.05, 3.63) is 95.8 Å². The minimum atomic E-state index is -3.98. The standard InChI is InChI=1S/C28H30N4O4S/c1-4-36-25-14-16-26(17-15-25)37(34,35)31-28(33)29-19-18-22-10-12-24(13-11-22)32-21(3)27(20(2)30-32)23-8-6-5-7-9-23/h5-17H,4,18-19H2,1-3H3,(H2,29,31,33). The summed E-state index contributed by atoms with van der Waals surface area (Å²) in [5.41, 5.74) is 6.22. The van der Waals surface area contributed by atoms with Crippen molar-refractivity contribution in [2.24, 2.45) is 0 Å². The van der Waals surface area contributed by atoms with Crippen molar-refractivity contribution >= 4 is 16.1 Å². The number of rotatable bonds is 9. The summed E-state index contributed by atoms with van der Waals surface area (Å²) >= 11 is 0. The zero-order chi connectivity index (χ0) is 26.4. The Kier molecular flexibility index (Phi) is 7.93. The average Bonchev–Trinajstić information content (AvgIpc) is 3.19. The molecule has 4 rings (SSSR count). The van der Waals surface area contributed by atoms with E-state index in [1.165, 1.54) is 12.1 Å². The van der Waals surface area contributed by atoms with Gasteiger partial charge in [0.1, 0.15) is 5.75 Å². The van der Waals surface area contributed by atoms with Crippen molar-refractivity contribution in [1.82, 2.24) is 19.8 Å². The van der Waals surface area contributed by atoms with Gasteiger partial charge in [0.15, 0.2) is 0 Å². The number of hydrogen-bond acceptors (Lipinski definition) is 5. The zero-order valence-electron chi connectivity index (χ0n) is 21.1. The number of hydrogen-bond donors (Lipinski definition) is 2. The van der Waals surface area contributed by atoms with Crippen LogP contribution >= 0.6 is 0 Å². The topological polar surface area (TPSA) is 102 Å². The Hall–Kier alpha value is -4.11. The zero-order valence-corrected chi connectivity index (χ0v) is 21.9. The molecule has 2 N–H and O–H groups in total. The van der Waals surface area contributed by atoms with Gasteiger partial charge in [-0.05, 0) is 74.7 Å². The second kappa shape index (κ2) is 11.3. The highest BCUT2D eigenvalue weighted by Crippen LogP contribution is 2.28. The molecule has 0 radical (unpaired) electrons. The summed E-state index contributed by atoms with van der Waals surface area (Å²) in [6, 6.07) is 23.2. The van der Waals surface area contributed by atoms with Crippen LogP contribution in [0.2, 0.25) is 0 Å². The van der Waals surface area contributed by atoms with Gasteiger partial charge in [0.2, 0.25) is 0 Å². The van der Waals surface area contributed by atoms with E-state index in [1.807, 2.05) is 65.7 Å². The fourth-order valence-electron chi connectivity index (χ4n) is 4.14. The number of nitrogens with one attached hydrogen (secondary N) is 2. The van der Waals surface area contributed by atoms with Gasteiger partial charge in [0.05, 0.1) is 22.9 Å². The van der Waals surface area contributed by atoms with Crippen molar-refractivity contribution in [3.63, 3.8) is 0 Å². The third-order valence-corrected chi connectivity index (χ3v) is 7.25. The van der Waals surface area contributed by atoms with Crippen molar-refractivity contribution in [2.75, 3.05) is 13.2 Å². The van der Waals surface area contributed by atoms with Crippen LogP contribution in [-0.4, -0.2) is 37.4 Å². The van der Waals surface area contributed by atoms with E-state index in [-0.39, 0.29) is 11.4 Å². The number of ether oxygens (including phenoxy) is 1. The molecule has 8 nitrogen and oxygen atoms in total. The molecule has 4 aromatic rings. The monoisotopic (exact) mass is 518 g/mol. The Morgan fingerprint density at radius 3 is 2.27 bits per heavy atom. The van der Waals surface area contributed by atoms with Gasteiger partial charge in [-0.2, -0.15) is 5.10 Å². The number of carbonyl (C=O) groups excluding carboxylic acids is 1. The summed E-state index contributed by atoms with van der Waals surface area (Å²) in [7, 11) is -3.98. The minimum Gasteiger partial charge on any atom is -0.494 e. The highest BCUT2D eigenvalue weighted by atomic mass is 32.2. The van der Waals surface area contributed by atoms with Crippen LogP contribution in [0.3, 0.4) is 0 Å². The summed E-state index contributed by atoms with van der Waals surface area (Å²) in [6.07, 6.45) is 0.545. The number of benzene rings is 3. The van der Waals surface area contributed by atoms with Gasteiger partial charge in [-0.15, -0.1) is 0 Å². The molecule has 0 unspecified atom stereocenters. The third kappa shape index (κ3) is 6.18. The predicted octanol–water partition coefficient (Wildman–Crippen LogP) is 4.79. The molecular weight excluding hydrogens is 488 g/mol. The summed E-state index contributed by atoms with van der Waals surface area (Å²) in [5.74, 6) is 0.561. The maximum absolute atomic E-state index is 12.4. The molecule has 0 aliphatic heterocycles. The third-order valence-electron chi connectivity index (χ3n) is 5.91. The first-order valence-electron chi connectivity index (χ1n) is 12.0. The molecule has 0 saturated carbocycles. The van der Waals surface area contributed by atoms with Crippen molar-refractivity contribution in [3.8, 4) is 22.6 Å². The summed E-state index contributed by atoms with van der Waals surface area (Å²) < 4.78 is 34.2. The van der Waals surface area contributed by atoms with Crippen LogP contribution < -0.4 is 14.8 Å². The van der Waals surface area contributed by atoms with E-state index in [9.17, 15) is 13.2 Å². The molecule has 3 aromatic carbocycles. The lowest BCUT2D eigenvalue weighted by atomic mass is 10.0. The summed E-state index contributed by atoms with van der Waals surface area (Å²) in [6.45, 7) is 6.66. The Morgan fingerprint density at radius 2 is 1.62 bits per heavy atom. The smallest absolute Gasteiger partial charge is 0.328 e. The molecule has 0 bridgehead atoms. The SMILES string of the molecule is CCOc1ccc(S(=O)(=O)NC(=O)NCCc2ccc(-n3nc(C)c(-c4ccccc4)c3C)cc2)cc1. The van der Waals surface area contributed by atoms with E-state index in [2.05, 4.69) is 24.4 Å². The number of urea groups is 1. The molecule has 1 heterocycles. The second-order valence-corrected chi connectivity index (χ2v) is 10.2. The van der Waals surface area contributed by atoms with Crippen LogP contribution in [0.1, 0.15) is 23.9 Å². The Morgan fingerprint density at radius 1 is 0.946 bits per heavy atom. The van der Waals surface area contributed by atoms with Crippen LogP contribution in [0.25, 0.3) is 16.8 Å². The van der Waals surface area contributed by atoms with Gasteiger partial charge in [-0.3, -0.25) is 0 Å². The lowest BCUT2D eigenvalue weighted by Crippen LogP contribution is -2.40. The van der Waals surface area contributed by atoms with Gasteiger partial charge in [-0.25, -0.2) is 22.6 Å². The maximum Gasteiger partial charge on any atom is 0.328 e. The first-order chi connectivity index (χ1) is 17.8. The maximum atomic E-state index is 12.4. The predicted molar refractivity (Wildman–Crippen MR) is 144 cm³/mol. The molecule has 0 atom stereocenters. The van der Waals surface area contributed by atoms with Crippen molar-refractivity contribution in [1.29, 1.82) is 0 Å². The number of amides is 2. The largest absolute Gasteiger partial charge is 0.494 e. The second-order valence-electron chi connectivity index (χ2n) is 8.51. The van der Waals surface area contributed by atoms with E-state index in [1.54, 1.807) is 12.1 Å². The van der Waals surface area contributed by atoms with Crippen molar-refractivity contribution < 1.29 is 17.9 Å². The van der Waals surface area contributed by atoms with Gasteiger partial charge in [0.25, 0.3) is 10.0 Å². The Bertz CT molecular complexity index is 1460. The van der Waals surface area contributed by atoms with E-state index in [0.717, 1.165) is 33.8 Å². The number of sulfonamides is 1. The quantitative estimate of drug-likeness (QED) is 0.332. The van der Waals surface area contributed by atoms with Crippen LogP contribution in [0, 0.1) is 13.8 Å². The van der Waals surface area contributed by atoms with Crippen molar-refractivity contribution in [2.45, 2.75) is 32.1 Å². The lowest BCUT2D eigenvalue weighted by molar-refractivity contribution is 0.246. The molecule has 2 amide bonds. The number of aromatic nitrogens is 2. The molecule has 1 aromatic heterocycles. The summed E-state index contributed by atoms with van der Waals surface area (Å²) in [4.78, 5) is 12.2. The normalized spacial score (nSPS) is 11.2. The molecule has 0 aliphatic rings. The molecule has 0 spiro atoms. The molecule has 0 fully saturated rings. The Labute approximate surface area is 217 Å². The first-order valence-corrected chi connectivity index (χ1v) is 13.5. The molecule has 37 heavy (non-hydrogen) atoms. The molecular formula is C28H30N4O4S. The molecule has 192 valence electrons. The average molecular weight is 519 g/mol. The molecule has 0 aliphatic carbocycles. The Balaban J connectivity index is 1.33. The lowest BCUT2D eigenvalue weighted by Gasteiger charge is -2.10. The molecule has 0 saturated heterocycles. The van der Waals surface area contributed by atoms with Gasteiger partial charge >= 0.3 is 6.03 Å². The number of carbonyl (C=O) groups is 1.